The molecular formula is C24H28N4O2S. The van der Waals surface area contributed by atoms with Gasteiger partial charge in [-0.1, -0.05) is 48.9 Å². The number of hydrogen-bond acceptors (Lipinski definition) is 5. The molecule has 0 atom stereocenters. The number of sulfonamides is 1. The molecule has 162 valence electrons. The highest BCUT2D eigenvalue weighted by Crippen LogP contribution is 2.28. The molecule has 1 aliphatic heterocycles. The molecule has 0 amide bonds. The summed E-state index contributed by atoms with van der Waals surface area (Å²) in [5.41, 5.74) is 4.26. The molecule has 4 rings (SSSR count). The maximum Gasteiger partial charge on any atom is 0.243 e. The van der Waals surface area contributed by atoms with Crippen LogP contribution in [0.15, 0.2) is 59.5 Å². The summed E-state index contributed by atoms with van der Waals surface area (Å²) in [6, 6.07) is 16.8. The van der Waals surface area contributed by atoms with E-state index in [0.717, 1.165) is 29.1 Å². The zero-order chi connectivity index (χ0) is 22.0. The number of aryl methyl sites for hydroxylation is 2. The van der Waals surface area contributed by atoms with Crippen molar-refractivity contribution in [3.8, 4) is 11.4 Å². The van der Waals surface area contributed by atoms with E-state index in [-0.39, 0.29) is 0 Å². The van der Waals surface area contributed by atoms with E-state index in [1.807, 2.05) is 25.1 Å². The fourth-order valence-corrected chi connectivity index (χ4v) is 5.49. The average molecular weight is 437 g/mol. The summed E-state index contributed by atoms with van der Waals surface area (Å²) in [4.78, 5) is 12.2. The largest absolute Gasteiger partial charge is 0.354 e. The van der Waals surface area contributed by atoms with Gasteiger partial charge in [0.1, 0.15) is 5.82 Å². The van der Waals surface area contributed by atoms with E-state index < -0.39 is 10.0 Å². The van der Waals surface area contributed by atoms with Crippen LogP contribution < -0.4 is 4.90 Å². The van der Waals surface area contributed by atoms with Crippen LogP contribution in [0.3, 0.4) is 0 Å². The predicted molar refractivity (Wildman–Crippen MR) is 124 cm³/mol. The minimum Gasteiger partial charge on any atom is -0.354 e. The first-order chi connectivity index (χ1) is 14.9. The fourth-order valence-electron chi connectivity index (χ4n) is 4.05. The summed E-state index contributed by atoms with van der Waals surface area (Å²) in [7, 11) is -3.47. The summed E-state index contributed by atoms with van der Waals surface area (Å²) < 4.78 is 27.5. The first kappa shape index (κ1) is 21.5. The van der Waals surface area contributed by atoms with Gasteiger partial charge in [-0.3, -0.25) is 0 Å². The highest BCUT2D eigenvalue weighted by atomic mass is 32.2. The van der Waals surface area contributed by atoms with E-state index >= 15 is 0 Å². The van der Waals surface area contributed by atoms with Gasteiger partial charge in [0.05, 0.1) is 4.90 Å². The summed E-state index contributed by atoms with van der Waals surface area (Å²) in [6.45, 7) is 8.26. The number of rotatable bonds is 5. The molecule has 0 radical (unpaired) electrons. The molecular weight excluding hydrogens is 408 g/mol. The van der Waals surface area contributed by atoms with Crippen LogP contribution in [0.2, 0.25) is 0 Å². The summed E-state index contributed by atoms with van der Waals surface area (Å²) in [5, 5.41) is 0. The number of benzene rings is 2. The number of nitrogens with zero attached hydrogens (tertiary/aromatic N) is 4. The minimum atomic E-state index is -3.47. The molecule has 6 nitrogen and oxygen atoms in total. The van der Waals surface area contributed by atoms with Gasteiger partial charge in [-0.2, -0.15) is 4.31 Å². The third-order valence-electron chi connectivity index (χ3n) is 5.74. The molecule has 0 spiro atoms. The van der Waals surface area contributed by atoms with Crippen molar-refractivity contribution in [1.82, 2.24) is 14.3 Å². The molecule has 1 saturated heterocycles. The van der Waals surface area contributed by atoms with Gasteiger partial charge in [0.15, 0.2) is 5.82 Å². The molecule has 2 aromatic carbocycles. The van der Waals surface area contributed by atoms with Crippen molar-refractivity contribution in [3.05, 3.63) is 71.4 Å². The van der Waals surface area contributed by atoms with Crippen molar-refractivity contribution >= 4 is 15.8 Å². The van der Waals surface area contributed by atoms with Gasteiger partial charge >= 0.3 is 0 Å². The Morgan fingerprint density at radius 2 is 1.61 bits per heavy atom. The van der Waals surface area contributed by atoms with Crippen LogP contribution >= 0.6 is 0 Å². The van der Waals surface area contributed by atoms with Gasteiger partial charge in [0.2, 0.25) is 10.0 Å². The zero-order valence-electron chi connectivity index (χ0n) is 18.2. The molecule has 1 fully saturated rings. The monoisotopic (exact) mass is 436 g/mol. The second-order valence-corrected chi connectivity index (χ2v) is 9.80. The van der Waals surface area contributed by atoms with E-state index in [9.17, 15) is 8.42 Å². The lowest BCUT2D eigenvalue weighted by molar-refractivity contribution is 0.383. The van der Waals surface area contributed by atoms with Crippen molar-refractivity contribution in [1.29, 1.82) is 0 Å². The van der Waals surface area contributed by atoms with Crippen LogP contribution in [0, 0.1) is 13.8 Å². The fraction of sp³-hybridized carbons (Fsp3) is 0.333. The number of piperazine rings is 1. The molecule has 0 unspecified atom stereocenters. The van der Waals surface area contributed by atoms with Crippen molar-refractivity contribution in [2.75, 3.05) is 31.1 Å². The first-order valence-electron chi connectivity index (χ1n) is 10.6. The van der Waals surface area contributed by atoms with Crippen LogP contribution in [0.5, 0.6) is 0 Å². The summed E-state index contributed by atoms with van der Waals surface area (Å²) in [5.74, 6) is 1.64. The Hall–Kier alpha value is -2.77. The Morgan fingerprint density at radius 1 is 0.903 bits per heavy atom. The van der Waals surface area contributed by atoms with E-state index in [1.165, 1.54) is 5.56 Å². The average Bonchev–Trinajstić information content (AvgIpc) is 2.79. The SMILES string of the molecule is CCc1c(C)nc(-c2cccc(C)c2)nc1N1CCN(S(=O)(=O)c2ccccc2)CC1. The molecule has 0 aliphatic carbocycles. The van der Waals surface area contributed by atoms with Crippen molar-refractivity contribution in [2.45, 2.75) is 32.1 Å². The molecule has 1 aromatic heterocycles. The molecule has 3 aromatic rings. The maximum atomic E-state index is 13.0. The highest BCUT2D eigenvalue weighted by Gasteiger charge is 2.30. The smallest absolute Gasteiger partial charge is 0.243 e. The third kappa shape index (κ3) is 4.34. The third-order valence-corrected chi connectivity index (χ3v) is 7.65. The zero-order valence-corrected chi connectivity index (χ0v) is 19.1. The predicted octanol–water partition coefficient (Wildman–Crippen LogP) is 3.83. The van der Waals surface area contributed by atoms with Crippen LogP contribution in [0.1, 0.15) is 23.7 Å². The Bertz CT molecular complexity index is 1170. The maximum absolute atomic E-state index is 13.0. The van der Waals surface area contributed by atoms with Crippen molar-refractivity contribution < 1.29 is 8.42 Å². The van der Waals surface area contributed by atoms with Gasteiger partial charge in [-0.15, -0.1) is 0 Å². The Morgan fingerprint density at radius 3 is 2.26 bits per heavy atom. The van der Waals surface area contributed by atoms with Crippen LogP contribution in [0.4, 0.5) is 5.82 Å². The second-order valence-electron chi connectivity index (χ2n) is 7.86. The Kier molecular flexibility index (Phi) is 6.07. The molecule has 0 bridgehead atoms. The van der Waals surface area contributed by atoms with Gasteiger partial charge in [-0.05, 0) is 38.5 Å². The van der Waals surface area contributed by atoms with Gasteiger partial charge in [0, 0.05) is 43.0 Å². The van der Waals surface area contributed by atoms with E-state index in [2.05, 4.69) is 30.9 Å². The van der Waals surface area contributed by atoms with Crippen LogP contribution in [0.25, 0.3) is 11.4 Å². The quantitative estimate of drug-likeness (QED) is 0.608. The Labute approximate surface area is 184 Å². The minimum absolute atomic E-state index is 0.345. The van der Waals surface area contributed by atoms with Crippen molar-refractivity contribution in [2.24, 2.45) is 0 Å². The van der Waals surface area contributed by atoms with E-state index in [1.54, 1.807) is 28.6 Å². The number of aromatic nitrogens is 2. The second kappa shape index (κ2) is 8.77. The van der Waals surface area contributed by atoms with E-state index in [0.29, 0.717) is 36.9 Å². The van der Waals surface area contributed by atoms with E-state index in [4.69, 9.17) is 9.97 Å². The van der Waals surface area contributed by atoms with Crippen LogP contribution in [-0.4, -0.2) is 48.9 Å². The topological polar surface area (TPSA) is 66.4 Å². The lowest BCUT2D eigenvalue weighted by Gasteiger charge is -2.35. The molecule has 2 heterocycles. The lowest BCUT2D eigenvalue weighted by atomic mass is 10.1. The lowest BCUT2D eigenvalue weighted by Crippen LogP contribution is -2.49. The van der Waals surface area contributed by atoms with Crippen molar-refractivity contribution in [3.63, 3.8) is 0 Å². The summed E-state index contributed by atoms with van der Waals surface area (Å²) in [6.07, 6.45) is 0.831. The molecule has 7 heteroatoms. The normalized spacial score (nSPS) is 15.3. The number of hydrogen-bond donors (Lipinski definition) is 0. The summed E-state index contributed by atoms with van der Waals surface area (Å²) >= 11 is 0. The molecule has 0 saturated carbocycles. The Balaban J connectivity index is 1.61. The van der Waals surface area contributed by atoms with Gasteiger partial charge in [-0.25, -0.2) is 18.4 Å². The van der Waals surface area contributed by atoms with Crippen LogP contribution in [-0.2, 0) is 16.4 Å². The molecule has 1 aliphatic rings. The molecule has 31 heavy (non-hydrogen) atoms. The van der Waals surface area contributed by atoms with Gasteiger partial charge < -0.3 is 4.90 Å². The standard InChI is InChI=1S/C24H28N4O2S/c1-4-22-19(3)25-23(20-10-8-9-18(2)17-20)26-24(22)27-13-15-28(16-14-27)31(29,30)21-11-6-5-7-12-21/h5-12,17H,4,13-16H2,1-3H3. The first-order valence-corrected chi connectivity index (χ1v) is 12.1. The van der Waals surface area contributed by atoms with Gasteiger partial charge in [0.25, 0.3) is 0 Å². The molecule has 0 N–H and O–H groups in total. The highest BCUT2D eigenvalue weighted by molar-refractivity contribution is 7.89. The number of anilines is 1.